The molecule has 4 nitrogen and oxygen atoms in total. The summed E-state index contributed by atoms with van der Waals surface area (Å²) in [7, 11) is 0. The predicted molar refractivity (Wildman–Crippen MR) is 109 cm³/mol. The molecule has 0 radical (unpaired) electrons. The summed E-state index contributed by atoms with van der Waals surface area (Å²) >= 11 is 0. The number of carbonyl (C=O) groups is 1. The van der Waals surface area contributed by atoms with Crippen LogP contribution in [-0.2, 0) is 26.5 Å². The number of nitrogens with zero attached hydrogens (tertiary/aromatic N) is 1. The molecule has 150 valence electrons. The van der Waals surface area contributed by atoms with E-state index in [2.05, 4.69) is 32.0 Å². The Morgan fingerprint density at radius 1 is 0.963 bits per heavy atom. The lowest BCUT2D eigenvalue weighted by atomic mass is 10.00. The average Bonchev–Trinajstić information content (AvgIpc) is 2.92. The summed E-state index contributed by atoms with van der Waals surface area (Å²) in [5.74, 6) is -1.23. The quantitative estimate of drug-likeness (QED) is 0.521. The van der Waals surface area contributed by atoms with Gasteiger partial charge >= 0.3 is 0 Å². The minimum Gasteiger partial charge on any atom is -0.338 e. The maximum atomic E-state index is 13.3. The second-order valence-electron chi connectivity index (χ2n) is 7.85. The van der Waals surface area contributed by atoms with Crippen molar-refractivity contribution >= 4 is 11.6 Å². The fourth-order valence-electron chi connectivity index (χ4n) is 4.10. The summed E-state index contributed by atoms with van der Waals surface area (Å²) < 4.78 is 12.0. The van der Waals surface area contributed by atoms with Crippen LogP contribution in [0.4, 0.5) is 5.69 Å². The normalized spacial score (nSPS) is 18.3. The van der Waals surface area contributed by atoms with Crippen molar-refractivity contribution < 1.29 is 14.3 Å². The van der Waals surface area contributed by atoms with E-state index in [1.54, 1.807) is 0 Å². The van der Waals surface area contributed by atoms with Crippen LogP contribution in [0, 0.1) is 0 Å². The number of aryl methyl sites for hydroxylation is 1. The standard InChI is InChI=1S/C23H35NO3/c1-3-5-7-8-9-10-15-24-21-14-13-19(12-6-4-2)18-20(21)23(22(24)25)26-16-11-17-27-23/h13-14,18H,3-12,15-17H2,1-2H3. The van der Waals surface area contributed by atoms with E-state index in [9.17, 15) is 4.79 Å². The highest BCUT2D eigenvalue weighted by atomic mass is 16.7. The molecule has 2 heterocycles. The highest BCUT2D eigenvalue weighted by Crippen LogP contribution is 2.45. The number of fused-ring (bicyclic) bond motifs is 2. The number of anilines is 1. The van der Waals surface area contributed by atoms with Crippen molar-refractivity contribution in [1.82, 2.24) is 0 Å². The molecule has 0 N–H and O–H groups in total. The number of benzene rings is 1. The minimum absolute atomic E-state index is 0.0293. The Morgan fingerprint density at radius 2 is 1.67 bits per heavy atom. The van der Waals surface area contributed by atoms with Crippen LogP contribution in [0.1, 0.15) is 82.8 Å². The summed E-state index contributed by atoms with van der Waals surface area (Å²) in [5, 5.41) is 0. The van der Waals surface area contributed by atoms with E-state index in [0.29, 0.717) is 13.2 Å². The lowest BCUT2D eigenvalue weighted by Crippen LogP contribution is -2.47. The Balaban J connectivity index is 1.75. The van der Waals surface area contributed by atoms with E-state index < -0.39 is 5.79 Å². The molecule has 0 aliphatic carbocycles. The Labute approximate surface area is 164 Å². The fourth-order valence-corrected chi connectivity index (χ4v) is 4.10. The van der Waals surface area contributed by atoms with Crippen LogP contribution in [0.3, 0.4) is 0 Å². The first-order chi connectivity index (χ1) is 13.2. The molecular formula is C23H35NO3. The second-order valence-corrected chi connectivity index (χ2v) is 7.85. The Morgan fingerprint density at radius 3 is 2.41 bits per heavy atom. The molecule has 4 heteroatoms. The molecule has 2 aliphatic heterocycles. The second kappa shape index (κ2) is 9.70. The summed E-state index contributed by atoms with van der Waals surface area (Å²) in [6.45, 7) is 6.34. The lowest BCUT2D eigenvalue weighted by molar-refractivity contribution is -0.256. The van der Waals surface area contributed by atoms with Crippen LogP contribution in [0.25, 0.3) is 0 Å². The van der Waals surface area contributed by atoms with Gasteiger partial charge < -0.3 is 14.4 Å². The van der Waals surface area contributed by atoms with E-state index in [4.69, 9.17) is 9.47 Å². The van der Waals surface area contributed by atoms with E-state index >= 15 is 0 Å². The van der Waals surface area contributed by atoms with Gasteiger partial charge in [-0.05, 0) is 43.4 Å². The largest absolute Gasteiger partial charge is 0.338 e. The lowest BCUT2D eigenvalue weighted by Gasteiger charge is -2.32. The number of amides is 1. The monoisotopic (exact) mass is 373 g/mol. The molecular weight excluding hydrogens is 338 g/mol. The molecule has 1 spiro atoms. The van der Waals surface area contributed by atoms with Crippen LogP contribution in [0.5, 0.6) is 0 Å². The number of carbonyl (C=O) groups excluding carboxylic acids is 1. The molecule has 1 aromatic carbocycles. The zero-order valence-corrected chi connectivity index (χ0v) is 17.1. The van der Waals surface area contributed by atoms with Crippen LogP contribution in [0.15, 0.2) is 18.2 Å². The molecule has 0 aromatic heterocycles. The van der Waals surface area contributed by atoms with Gasteiger partial charge in [-0.25, -0.2) is 0 Å². The first-order valence-electron chi connectivity index (χ1n) is 11.0. The van der Waals surface area contributed by atoms with E-state index in [0.717, 1.165) is 49.9 Å². The van der Waals surface area contributed by atoms with Gasteiger partial charge in [0.05, 0.1) is 18.9 Å². The van der Waals surface area contributed by atoms with Gasteiger partial charge in [0.15, 0.2) is 0 Å². The summed E-state index contributed by atoms with van der Waals surface area (Å²) in [6, 6.07) is 6.42. The average molecular weight is 374 g/mol. The molecule has 1 saturated heterocycles. The van der Waals surface area contributed by atoms with Gasteiger partial charge in [-0.1, -0.05) is 58.4 Å². The van der Waals surface area contributed by atoms with Gasteiger partial charge in [0.2, 0.25) is 0 Å². The third-order valence-corrected chi connectivity index (χ3v) is 5.69. The number of unbranched alkanes of at least 4 members (excludes halogenated alkanes) is 6. The first-order valence-corrected chi connectivity index (χ1v) is 11.0. The molecule has 0 atom stereocenters. The van der Waals surface area contributed by atoms with Crippen molar-refractivity contribution in [2.75, 3.05) is 24.7 Å². The number of rotatable bonds is 10. The van der Waals surface area contributed by atoms with Crippen LogP contribution < -0.4 is 4.90 Å². The Kier molecular flexibility index (Phi) is 7.31. The fraction of sp³-hybridized carbons (Fsp3) is 0.696. The smallest absolute Gasteiger partial charge is 0.292 e. The Hall–Kier alpha value is -1.39. The maximum absolute atomic E-state index is 13.3. The SMILES string of the molecule is CCCCCCCCN1C(=O)C2(OCCCO2)c2cc(CCCC)ccc21. The van der Waals surface area contributed by atoms with E-state index in [1.807, 2.05) is 4.90 Å². The van der Waals surface area contributed by atoms with E-state index in [-0.39, 0.29) is 5.91 Å². The molecule has 0 saturated carbocycles. The van der Waals surface area contributed by atoms with Crippen LogP contribution in [-0.4, -0.2) is 25.7 Å². The van der Waals surface area contributed by atoms with Gasteiger partial charge in [-0.2, -0.15) is 0 Å². The third-order valence-electron chi connectivity index (χ3n) is 5.69. The summed E-state index contributed by atoms with van der Waals surface area (Å²) in [6.07, 6.45) is 11.5. The van der Waals surface area contributed by atoms with Crippen molar-refractivity contribution in [3.05, 3.63) is 29.3 Å². The van der Waals surface area contributed by atoms with Crippen LogP contribution in [0.2, 0.25) is 0 Å². The summed E-state index contributed by atoms with van der Waals surface area (Å²) in [5.41, 5.74) is 3.17. The molecule has 1 amide bonds. The molecule has 1 fully saturated rings. The first kappa shape index (κ1) is 20.3. The maximum Gasteiger partial charge on any atom is 0.292 e. The number of ether oxygens (including phenoxy) is 2. The van der Waals surface area contributed by atoms with Gasteiger partial charge in [-0.3, -0.25) is 4.79 Å². The van der Waals surface area contributed by atoms with E-state index in [1.165, 1.54) is 37.7 Å². The summed E-state index contributed by atoms with van der Waals surface area (Å²) in [4.78, 5) is 15.2. The highest BCUT2D eigenvalue weighted by molar-refractivity contribution is 6.06. The molecule has 0 bridgehead atoms. The van der Waals surface area contributed by atoms with Crippen molar-refractivity contribution in [2.45, 2.75) is 83.8 Å². The number of hydrogen-bond acceptors (Lipinski definition) is 3. The zero-order valence-electron chi connectivity index (χ0n) is 17.1. The molecule has 0 unspecified atom stereocenters. The molecule has 2 aliphatic rings. The van der Waals surface area contributed by atoms with Crippen molar-refractivity contribution in [1.29, 1.82) is 0 Å². The van der Waals surface area contributed by atoms with Crippen molar-refractivity contribution in [2.24, 2.45) is 0 Å². The highest BCUT2D eigenvalue weighted by Gasteiger charge is 2.54. The van der Waals surface area contributed by atoms with Crippen LogP contribution >= 0.6 is 0 Å². The predicted octanol–water partition coefficient (Wildman–Crippen LogP) is 5.33. The van der Waals surface area contributed by atoms with Gasteiger partial charge in [-0.15, -0.1) is 0 Å². The zero-order chi connectivity index (χ0) is 19.1. The third kappa shape index (κ3) is 4.38. The van der Waals surface area contributed by atoms with Gasteiger partial charge in [0, 0.05) is 12.1 Å². The van der Waals surface area contributed by atoms with Gasteiger partial charge in [0.1, 0.15) is 0 Å². The topological polar surface area (TPSA) is 38.8 Å². The number of hydrogen-bond donors (Lipinski definition) is 0. The van der Waals surface area contributed by atoms with Gasteiger partial charge in [0.25, 0.3) is 11.7 Å². The molecule has 3 rings (SSSR count). The van der Waals surface area contributed by atoms with Crippen molar-refractivity contribution in [3.63, 3.8) is 0 Å². The minimum atomic E-state index is -1.20. The molecule has 27 heavy (non-hydrogen) atoms. The molecule has 1 aromatic rings. The Bertz CT molecular complexity index is 622. The van der Waals surface area contributed by atoms with Crippen molar-refractivity contribution in [3.8, 4) is 0 Å².